The SMILES string of the molecule is CC/C=C\C/C=C\C/C=C\C/C=C\C/C=C\C/C=C\C/C=C\CC(=O)OCC(O)COP(=O)(O)OCC(O)COP(=O)(O)OCC(O)COC(=O)CCC/C=C/C=C\C=C/C=C/C=C/CC. The molecule has 66 heavy (non-hydrogen) atoms. The van der Waals surface area contributed by atoms with Gasteiger partial charge in [0.15, 0.2) is 0 Å². The number of rotatable bonds is 40. The van der Waals surface area contributed by atoms with Crippen LogP contribution in [0.2, 0.25) is 0 Å². The molecule has 370 valence electrons. The first-order valence-electron chi connectivity index (χ1n) is 22.3. The van der Waals surface area contributed by atoms with Gasteiger partial charge in [-0.2, -0.15) is 0 Å². The topological polar surface area (TPSA) is 225 Å². The van der Waals surface area contributed by atoms with Crippen LogP contribution >= 0.6 is 15.6 Å². The summed E-state index contributed by atoms with van der Waals surface area (Å²) in [6.07, 6.45) is 51.7. The molecule has 5 unspecified atom stereocenters. The van der Waals surface area contributed by atoms with E-state index in [1.165, 1.54) is 0 Å². The minimum atomic E-state index is -4.82. The largest absolute Gasteiger partial charge is 0.472 e. The molecule has 0 aromatic carbocycles. The Morgan fingerprint density at radius 2 is 0.742 bits per heavy atom. The van der Waals surface area contributed by atoms with Crippen molar-refractivity contribution in [2.45, 2.75) is 109 Å². The maximum atomic E-state index is 12.1. The fourth-order valence-corrected chi connectivity index (χ4v) is 6.15. The highest BCUT2D eigenvalue weighted by Crippen LogP contribution is 2.45. The van der Waals surface area contributed by atoms with Crippen LogP contribution in [0, 0.1) is 0 Å². The molecule has 0 heterocycles. The summed E-state index contributed by atoms with van der Waals surface area (Å²) in [4.78, 5) is 43.6. The van der Waals surface area contributed by atoms with Gasteiger partial charge in [0.05, 0.1) is 32.8 Å². The summed E-state index contributed by atoms with van der Waals surface area (Å²) in [7, 11) is -9.64. The van der Waals surface area contributed by atoms with Crippen molar-refractivity contribution >= 4 is 27.6 Å². The van der Waals surface area contributed by atoms with Crippen LogP contribution in [0.4, 0.5) is 0 Å². The van der Waals surface area contributed by atoms with Crippen molar-refractivity contribution in [2.24, 2.45) is 0 Å². The van der Waals surface area contributed by atoms with Crippen LogP contribution in [-0.4, -0.2) is 95.0 Å². The molecule has 0 aliphatic rings. The molecule has 0 rings (SSSR count). The van der Waals surface area contributed by atoms with Crippen LogP contribution in [0.25, 0.3) is 0 Å². The molecule has 5 atom stereocenters. The molecule has 5 N–H and O–H groups in total. The average molecular weight is 965 g/mol. The first-order valence-corrected chi connectivity index (χ1v) is 25.2. The molecule has 0 aromatic rings. The number of hydrogen-bond acceptors (Lipinski definition) is 13. The highest BCUT2D eigenvalue weighted by Gasteiger charge is 2.28. The predicted molar refractivity (Wildman–Crippen MR) is 260 cm³/mol. The zero-order chi connectivity index (χ0) is 48.8. The van der Waals surface area contributed by atoms with Gasteiger partial charge in [-0.1, -0.05) is 160 Å². The lowest BCUT2D eigenvalue weighted by Crippen LogP contribution is -2.25. The Labute approximate surface area is 392 Å². The van der Waals surface area contributed by atoms with Crippen LogP contribution in [0.15, 0.2) is 146 Å². The number of phosphoric ester groups is 2. The van der Waals surface area contributed by atoms with E-state index in [4.69, 9.17) is 9.47 Å². The fourth-order valence-electron chi connectivity index (χ4n) is 4.56. The molecule has 15 nitrogen and oxygen atoms in total. The van der Waals surface area contributed by atoms with Crippen LogP contribution in [0.5, 0.6) is 0 Å². The summed E-state index contributed by atoms with van der Waals surface area (Å²) >= 11 is 0. The van der Waals surface area contributed by atoms with Crippen molar-refractivity contribution in [2.75, 3.05) is 39.6 Å². The summed E-state index contributed by atoms with van der Waals surface area (Å²) in [6, 6.07) is 0. The number of allylic oxidation sites excluding steroid dienone is 23. The van der Waals surface area contributed by atoms with Crippen molar-refractivity contribution in [3.05, 3.63) is 146 Å². The normalized spacial score (nSPS) is 16.4. The molecular formula is C49H74O15P2. The number of unbranched alkanes of at least 4 members (excludes halogenated alkanes) is 1. The van der Waals surface area contributed by atoms with E-state index in [-0.39, 0.29) is 12.8 Å². The first kappa shape index (κ1) is 61.9. The highest BCUT2D eigenvalue weighted by atomic mass is 31.2. The van der Waals surface area contributed by atoms with Crippen LogP contribution in [0.1, 0.15) is 90.9 Å². The molecule has 0 saturated heterocycles. The van der Waals surface area contributed by atoms with E-state index in [9.17, 15) is 43.8 Å². The van der Waals surface area contributed by atoms with Gasteiger partial charge in [0.2, 0.25) is 0 Å². The van der Waals surface area contributed by atoms with Crippen molar-refractivity contribution in [3.63, 3.8) is 0 Å². The molecule has 0 spiro atoms. The minimum absolute atomic E-state index is 0.0489. The lowest BCUT2D eigenvalue weighted by molar-refractivity contribution is -0.147. The van der Waals surface area contributed by atoms with Crippen molar-refractivity contribution < 1.29 is 71.4 Å². The Morgan fingerprint density at radius 3 is 1.14 bits per heavy atom. The van der Waals surface area contributed by atoms with Gasteiger partial charge in [-0.15, -0.1) is 0 Å². The summed E-state index contributed by atoms with van der Waals surface area (Å²) in [5.74, 6) is -1.21. The van der Waals surface area contributed by atoms with Gasteiger partial charge in [-0.3, -0.25) is 27.7 Å². The molecule has 0 aliphatic heterocycles. The van der Waals surface area contributed by atoms with Gasteiger partial charge in [0.1, 0.15) is 31.5 Å². The van der Waals surface area contributed by atoms with Gasteiger partial charge in [-0.25, -0.2) is 9.13 Å². The quantitative estimate of drug-likeness (QED) is 0.0127. The standard InChI is InChI=1S/C49H74O15P2/c1-3-5-7-9-11-13-15-17-18-19-20-21-22-23-24-26-28-30-32-34-36-38-49(54)60-40-46(51)42-62-66(57,58)64-44-47(52)43-63-65(55,56)61-41-45(50)39-59-48(53)37-35-33-31-29-27-25-16-14-12-10-8-6-4-2/h5-8,10-14,16-18,20-21,23-25,27-31,34,36,45-47,50-52H,3-4,9,15,19,22,26,32-33,35,37-44H2,1-2H3,(H,55,56)(H,57,58)/b7-5-,8-6+,12-10+,13-11-,16-14-,18-17-,21-20-,24-23-,27-25-,30-28-,31-29+,36-34-. The molecule has 0 radical (unpaired) electrons. The van der Waals surface area contributed by atoms with Crippen molar-refractivity contribution in [3.8, 4) is 0 Å². The second kappa shape index (κ2) is 43.5. The van der Waals surface area contributed by atoms with E-state index in [0.717, 1.165) is 44.9 Å². The zero-order valence-electron chi connectivity index (χ0n) is 38.5. The van der Waals surface area contributed by atoms with Gasteiger partial charge in [-0.05, 0) is 64.2 Å². The van der Waals surface area contributed by atoms with E-state index >= 15 is 0 Å². The number of hydrogen-bond donors (Lipinski definition) is 5. The predicted octanol–water partition coefficient (Wildman–Crippen LogP) is 9.82. The van der Waals surface area contributed by atoms with Crippen LogP contribution < -0.4 is 0 Å². The molecule has 0 amide bonds. The van der Waals surface area contributed by atoms with E-state index < -0.39 is 85.5 Å². The monoisotopic (exact) mass is 964 g/mol. The molecule has 0 saturated carbocycles. The number of phosphoric acid groups is 2. The Morgan fingerprint density at radius 1 is 0.424 bits per heavy atom. The lowest BCUT2D eigenvalue weighted by Gasteiger charge is -2.19. The highest BCUT2D eigenvalue weighted by molar-refractivity contribution is 7.47. The third kappa shape index (κ3) is 45.1. The zero-order valence-corrected chi connectivity index (χ0v) is 40.3. The number of aliphatic hydroxyl groups excluding tert-OH is 3. The number of carbonyl (C=O) groups excluding carboxylic acids is 2. The van der Waals surface area contributed by atoms with E-state index in [1.54, 1.807) is 12.2 Å². The Bertz CT molecular complexity index is 1740. The summed E-state index contributed by atoms with van der Waals surface area (Å²) in [5.41, 5.74) is 0. The number of aliphatic hydroxyl groups is 3. The third-order valence-electron chi connectivity index (χ3n) is 7.95. The fraction of sp³-hybridized carbons (Fsp3) is 0.469. The van der Waals surface area contributed by atoms with Gasteiger partial charge >= 0.3 is 27.6 Å². The van der Waals surface area contributed by atoms with Gasteiger partial charge < -0.3 is 34.6 Å². The van der Waals surface area contributed by atoms with E-state index in [1.807, 2.05) is 66.8 Å². The average Bonchev–Trinajstić information content (AvgIpc) is 3.29. The smallest absolute Gasteiger partial charge is 0.463 e. The second-order valence-corrected chi connectivity index (χ2v) is 17.0. The molecule has 0 aromatic heterocycles. The Kier molecular flexibility index (Phi) is 40.8. The van der Waals surface area contributed by atoms with Crippen molar-refractivity contribution in [1.29, 1.82) is 0 Å². The number of ether oxygens (including phenoxy) is 2. The maximum absolute atomic E-state index is 12.1. The number of esters is 2. The van der Waals surface area contributed by atoms with Crippen LogP contribution in [-0.2, 0) is 46.3 Å². The Hall–Kier alpha value is -4.08. The summed E-state index contributed by atoms with van der Waals surface area (Å²) < 4.78 is 52.7. The lowest BCUT2D eigenvalue weighted by atomic mass is 10.2. The Balaban J connectivity index is 4.09. The number of carbonyl (C=O) groups is 2. The molecule has 0 aliphatic carbocycles. The van der Waals surface area contributed by atoms with Crippen molar-refractivity contribution in [1.82, 2.24) is 0 Å². The minimum Gasteiger partial charge on any atom is -0.463 e. The maximum Gasteiger partial charge on any atom is 0.472 e. The molecule has 17 heteroatoms. The van der Waals surface area contributed by atoms with Crippen LogP contribution in [0.3, 0.4) is 0 Å². The van der Waals surface area contributed by atoms with Gasteiger partial charge in [0.25, 0.3) is 0 Å². The molecule has 0 fully saturated rings. The second-order valence-electron chi connectivity index (χ2n) is 14.1. The third-order valence-corrected chi connectivity index (χ3v) is 9.85. The van der Waals surface area contributed by atoms with Gasteiger partial charge in [0, 0.05) is 6.42 Å². The summed E-state index contributed by atoms with van der Waals surface area (Å²) in [6.45, 7) is -0.117. The molecular weight excluding hydrogens is 890 g/mol. The first-order chi connectivity index (χ1) is 31.8. The summed E-state index contributed by atoms with van der Waals surface area (Å²) in [5, 5.41) is 29.9. The van der Waals surface area contributed by atoms with E-state index in [0.29, 0.717) is 19.3 Å². The molecule has 0 bridgehead atoms. The van der Waals surface area contributed by atoms with E-state index in [2.05, 4.69) is 98.8 Å².